The molecule has 0 aromatic heterocycles. The van der Waals surface area contributed by atoms with E-state index in [2.05, 4.69) is 10.6 Å². The molecule has 0 unspecified atom stereocenters. The number of rotatable bonds is 9. The fourth-order valence-corrected chi connectivity index (χ4v) is 0.942. The highest BCUT2D eigenvalue weighted by Crippen LogP contribution is 1.79. The second-order valence-corrected chi connectivity index (χ2v) is 3.08. The third-order valence-electron chi connectivity index (χ3n) is 1.74. The van der Waals surface area contributed by atoms with Crippen LogP contribution in [0.4, 0.5) is 0 Å². The molecule has 0 saturated heterocycles. The standard InChI is InChI=1S/C10H20N2O4/c1-3-16-8-10(14)11-5-4-9(13)12-6-7-15-2/h3-8H2,1-2H3,(H,11,14)(H,12,13). The molecule has 0 saturated carbocycles. The molecule has 0 aromatic rings. The lowest BCUT2D eigenvalue weighted by atomic mass is 10.4. The second-order valence-electron chi connectivity index (χ2n) is 3.08. The zero-order valence-corrected chi connectivity index (χ0v) is 9.88. The van der Waals surface area contributed by atoms with Gasteiger partial charge in [-0.2, -0.15) is 0 Å². The predicted octanol–water partition coefficient (Wildman–Crippen LogP) is -0.708. The Bertz CT molecular complexity index is 209. The van der Waals surface area contributed by atoms with Gasteiger partial charge in [-0.15, -0.1) is 0 Å². The number of ether oxygens (including phenoxy) is 2. The maximum absolute atomic E-state index is 11.2. The molecule has 0 heterocycles. The van der Waals surface area contributed by atoms with Crippen molar-refractivity contribution in [1.29, 1.82) is 0 Å². The van der Waals surface area contributed by atoms with Crippen molar-refractivity contribution in [3.8, 4) is 0 Å². The zero-order chi connectivity index (χ0) is 12.2. The van der Waals surface area contributed by atoms with Crippen LogP contribution in [-0.4, -0.2) is 51.8 Å². The fraction of sp³-hybridized carbons (Fsp3) is 0.800. The SMILES string of the molecule is CCOCC(=O)NCCC(=O)NCCOC. The molecule has 0 radical (unpaired) electrons. The normalized spacial score (nSPS) is 9.88. The molecule has 0 atom stereocenters. The highest BCUT2D eigenvalue weighted by atomic mass is 16.5. The first kappa shape index (κ1) is 14.9. The van der Waals surface area contributed by atoms with E-state index in [4.69, 9.17) is 9.47 Å². The van der Waals surface area contributed by atoms with Crippen molar-refractivity contribution >= 4 is 11.8 Å². The monoisotopic (exact) mass is 232 g/mol. The highest BCUT2D eigenvalue weighted by Gasteiger charge is 2.03. The maximum atomic E-state index is 11.2. The molecule has 94 valence electrons. The summed E-state index contributed by atoms with van der Waals surface area (Å²) in [6.07, 6.45) is 0.265. The summed E-state index contributed by atoms with van der Waals surface area (Å²) >= 11 is 0. The quantitative estimate of drug-likeness (QED) is 0.515. The molecule has 0 aliphatic rings. The Labute approximate surface area is 95.7 Å². The number of hydrogen-bond donors (Lipinski definition) is 2. The van der Waals surface area contributed by atoms with Crippen LogP contribution in [0.3, 0.4) is 0 Å². The third-order valence-corrected chi connectivity index (χ3v) is 1.74. The number of hydrogen-bond acceptors (Lipinski definition) is 4. The minimum absolute atomic E-state index is 0.0434. The average molecular weight is 232 g/mol. The largest absolute Gasteiger partial charge is 0.383 e. The average Bonchev–Trinajstić information content (AvgIpc) is 2.26. The number of carbonyl (C=O) groups is 2. The molecule has 0 aliphatic heterocycles. The lowest BCUT2D eigenvalue weighted by Gasteiger charge is -2.06. The molecule has 2 N–H and O–H groups in total. The van der Waals surface area contributed by atoms with Gasteiger partial charge < -0.3 is 20.1 Å². The zero-order valence-electron chi connectivity index (χ0n) is 9.88. The van der Waals surface area contributed by atoms with Crippen molar-refractivity contribution in [1.82, 2.24) is 10.6 Å². The van der Waals surface area contributed by atoms with E-state index in [-0.39, 0.29) is 24.8 Å². The van der Waals surface area contributed by atoms with Gasteiger partial charge in [-0.05, 0) is 6.92 Å². The lowest BCUT2D eigenvalue weighted by molar-refractivity contribution is -0.125. The Morgan fingerprint density at radius 1 is 1.12 bits per heavy atom. The van der Waals surface area contributed by atoms with Crippen molar-refractivity contribution in [2.75, 3.05) is 40.0 Å². The molecule has 0 bridgehead atoms. The van der Waals surface area contributed by atoms with Gasteiger partial charge in [0, 0.05) is 33.2 Å². The Hall–Kier alpha value is -1.14. The van der Waals surface area contributed by atoms with Gasteiger partial charge in [0.25, 0.3) is 0 Å². The van der Waals surface area contributed by atoms with Crippen molar-refractivity contribution in [2.24, 2.45) is 0 Å². The van der Waals surface area contributed by atoms with Crippen LogP contribution in [0.2, 0.25) is 0 Å². The van der Waals surface area contributed by atoms with E-state index in [1.54, 1.807) is 7.11 Å². The van der Waals surface area contributed by atoms with E-state index in [1.807, 2.05) is 6.92 Å². The summed E-state index contributed by atoms with van der Waals surface area (Å²) in [5, 5.41) is 5.24. The molecule has 0 aromatic carbocycles. The summed E-state index contributed by atoms with van der Waals surface area (Å²) in [6, 6.07) is 0. The molecule has 16 heavy (non-hydrogen) atoms. The molecule has 0 rings (SSSR count). The van der Waals surface area contributed by atoms with E-state index < -0.39 is 0 Å². The Kier molecular flexibility index (Phi) is 9.64. The van der Waals surface area contributed by atoms with Gasteiger partial charge in [-0.3, -0.25) is 9.59 Å². The highest BCUT2D eigenvalue weighted by molar-refractivity contribution is 5.79. The van der Waals surface area contributed by atoms with Crippen LogP contribution in [0.25, 0.3) is 0 Å². The van der Waals surface area contributed by atoms with Crippen molar-refractivity contribution in [3.63, 3.8) is 0 Å². The van der Waals surface area contributed by atoms with E-state index in [9.17, 15) is 9.59 Å². The van der Waals surface area contributed by atoms with Crippen LogP contribution < -0.4 is 10.6 Å². The smallest absolute Gasteiger partial charge is 0.246 e. The van der Waals surface area contributed by atoms with E-state index in [0.29, 0.717) is 26.3 Å². The molecule has 0 spiro atoms. The van der Waals surface area contributed by atoms with E-state index >= 15 is 0 Å². The second kappa shape index (κ2) is 10.4. The Balaban J connectivity index is 3.36. The molecular formula is C10H20N2O4. The van der Waals surface area contributed by atoms with Crippen LogP contribution in [0.5, 0.6) is 0 Å². The van der Waals surface area contributed by atoms with Crippen LogP contribution in [0.1, 0.15) is 13.3 Å². The molecule has 2 amide bonds. The van der Waals surface area contributed by atoms with E-state index in [0.717, 1.165) is 0 Å². The predicted molar refractivity (Wildman–Crippen MR) is 59.0 cm³/mol. The number of carbonyl (C=O) groups excluding carboxylic acids is 2. The van der Waals surface area contributed by atoms with Crippen molar-refractivity contribution < 1.29 is 19.1 Å². The van der Waals surface area contributed by atoms with Crippen LogP contribution in [-0.2, 0) is 19.1 Å². The summed E-state index contributed by atoms with van der Waals surface area (Å²) in [6.45, 7) is 3.67. The van der Waals surface area contributed by atoms with Gasteiger partial charge >= 0.3 is 0 Å². The molecule has 6 heteroatoms. The van der Waals surface area contributed by atoms with Gasteiger partial charge in [0.15, 0.2) is 0 Å². The van der Waals surface area contributed by atoms with Gasteiger partial charge in [-0.25, -0.2) is 0 Å². The summed E-state index contributed by atoms with van der Waals surface area (Å²) in [7, 11) is 1.57. The van der Waals surface area contributed by atoms with Gasteiger partial charge in [-0.1, -0.05) is 0 Å². The number of amides is 2. The molecular weight excluding hydrogens is 212 g/mol. The molecule has 6 nitrogen and oxygen atoms in total. The van der Waals surface area contributed by atoms with Crippen LogP contribution >= 0.6 is 0 Å². The first-order chi connectivity index (χ1) is 7.70. The fourth-order valence-electron chi connectivity index (χ4n) is 0.942. The first-order valence-electron chi connectivity index (χ1n) is 5.30. The Morgan fingerprint density at radius 2 is 1.81 bits per heavy atom. The van der Waals surface area contributed by atoms with Gasteiger partial charge in [0.2, 0.25) is 11.8 Å². The van der Waals surface area contributed by atoms with E-state index in [1.165, 1.54) is 0 Å². The van der Waals surface area contributed by atoms with Crippen molar-refractivity contribution in [2.45, 2.75) is 13.3 Å². The lowest BCUT2D eigenvalue weighted by Crippen LogP contribution is -2.33. The summed E-state index contributed by atoms with van der Waals surface area (Å²) < 4.78 is 9.68. The minimum Gasteiger partial charge on any atom is -0.383 e. The molecule has 0 aliphatic carbocycles. The first-order valence-corrected chi connectivity index (χ1v) is 5.30. The summed E-state index contributed by atoms with van der Waals surface area (Å²) in [4.78, 5) is 22.2. The number of methoxy groups -OCH3 is 1. The van der Waals surface area contributed by atoms with Crippen molar-refractivity contribution in [3.05, 3.63) is 0 Å². The number of nitrogens with one attached hydrogen (secondary N) is 2. The minimum atomic E-state index is -0.202. The Morgan fingerprint density at radius 3 is 2.44 bits per heavy atom. The van der Waals surface area contributed by atoms with Crippen LogP contribution in [0.15, 0.2) is 0 Å². The third kappa shape index (κ3) is 9.42. The topological polar surface area (TPSA) is 76.7 Å². The maximum Gasteiger partial charge on any atom is 0.246 e. The van der Waals surface area contributed by atoms with Gasteiger partial charge in [0.1, 0.15) is 6.61 Å². The molecule has 0 fully saturated rings. The summed E-state index contributed by atoms with van der Waals surface area (Å²) in [5.41, 5.74) is 0. The van der Waals surface area contributed by atoms with Crippen LogP contribution in [0, 0.1) is 0 Å². The summed E-state index contributed by atoms with van der Waals surface area (Å²) in [5.74, 6) is -0.305. The van der Waals surface area contributed by atoms with Gasteiger partial charge in [0.05, 0.1) is 6.61 Å².